The minimum absolute atomic E-state index is 0.340. The topological polar surface area (TPSA) is 105 Å². The van der Waals surface area contributed by atoms with Gasteiger partial charge in [0.05, 0.1) is 11.2 Å². The van der Waals surface area contributed by atoms with Crippen molar-refractivity contribution < 1.29 is 9.90 Å². The number of fused-ring (bicyclic) bond motifs is 1. The molecule has 1 amide bonds. The van der Waals surface area contributed by atoms with Gasteiger partial charge in [0.15, 0.2) is 5.82 Å². The van der Waals surface area contributed by atoms with Crippen molar-refractivity contribution >= 4 is 22.8 Å². The van der Waals surface area contributed by atoms with E-state index in [0.29, 0.717) is 46.9 Å². The van der Waals surface area contributed by atoms with E-state index in [1.165, 1.54) is 4.90 Å². The number of aliphatic hydroxyl groups is 1. The predicted molar refractivity (Wildman–Crippen MR) is 111 cm³/mol. The van der Waals surface area contributed by atoms with E-state index >= 15 is 0 Å². The van der Waals surface area contributed by atoms with E-state index in [1.807, 2.05) is 36.4 Å². The monoisotopic (exact) mass is 387 g/mol. The lowest BCUT2D eigenvalue weighted by molar-refractivity contribution is -0.148. The Labute approximate surface area is 168 Å². The van der Waals surface area contributed by atoms with Crippen LogP contribution in [0.15, 0.2) is 36.4 Å². The standard InChI is InChI=1S/C22H21N5O2/c1-14-24-18-8-7-17(26-19(18)20(23)25-14)16-6-3-5-15(13-16)9-11-22(29)10-4-12-27(2)21(22)28/h3,5-8,13,29H,4,10,12H2,1-2H3,(H2,23,24,25)/t22-/m1/s1. The summed E-state index contributed by atoms with van der Waals surface area (Å²) >= 11 is 0. The van der Waals surface area contributed by atoms with Crippen LogP contribution in [0.5, 0.6) is 0 Å². The van der Waals surface area contributed by atoms with Gasteiger partial charge in [-0.15, -0.1) is 0 Å². The molecule has 146 valence electrons. The fourth-order valence-corrected chi connectivity index (χ4v) is 3.46. The van der Waals surface area contributed by atoms with E-state index in [0.717, 1.165) is 12.0 Å². The molecular weight excluding hydrogens is 366 g/mol. The van der Waals surface area contributed by atoms with Crippen LogP contribution >= 0.6 is 0 Å². The second-order valence-corrected chi connectivity index (χ2v) is 7.24. The first-order valence-electron chi connectivity index (χ1n) is 9.38. The van der Waals surface area contributed by atoms with Crippen LogP contribution < -0.4 is 5.73 Å². The molecule has 7 nitrogen and oxygen atoms in total. The molecule has 7 heteroatoms. The summed E-state index contributed by atoms with van der Waals surface area (Å²) in [5, 5.41) is 10.6. The molecule has 1 fully saturated rings. The lowest BCUT2D eigenvalue weighted by atomic mass is 9.92. The number of piperidine rings is 1. The summed E-state index contributed by atoms with van der Waals surface area (Å²) in [5.41, 5.74) is 7.86. The molecule has 1 aliphatic rings. The van der Waals surface area contributed by atoms with E-state index in [1.54, 1.807) is 14.0 Å². The fraction of sp³-hybridized carbons (Fsp3) is 0.273. The molecule has 29 heavy (non-hydrogen) atoms. The van der Waals surface area contributed by atoms with Gasteiger partial charge in [0.2, 0.25) is 5.60 Å². The number of aromatic nitrogens is 3. The number of pyridine rings is 1. The maximum absolute atomic E-state index is 12.3. The molecule has 1 atom stereocenters. The fourth-order valence-electron chi connectivity index (χ4n) is 3.46. The Hall–Kier alpha value is -3.50. The lowest BCUT2D eigenvalue weighted by Crippen LogP contribution is -2.51. The van der Waals surface area contributed by atoms with Crippen molar-refractivity contribution in [3.63, 3.8) is 0 Å². The smallest absolute Gasteiger partial charge is 0.267 e. The summed E-state index contributed by atoms with van der Waals surface area (Å²) in [6.45, 7) is 2.42. The quantitative estimate of drug-likeness (QED) is 0.618. The average molecular weight is 387 g/mol. The van der Waals surface area contributed by atoms with Crippen molar-refractivity contribution in [2.24, 2.45) is 0 Å². The Kier molecular flexibility index (Phi) is 4.65. The van der Waals surface area contributed by atoms with E-state index in [4.69, 9.17) is 5.73 Å². The van der Waals surface area contributed by atoms with Crippen molar-refractivity contribution in [1.29, 1.82) is 0 Å². The maximum atomic E-state index is 12.3. The van der Waals surface area contributed by atoms with Gasteiger partial charge in [0, 0.05) is 24.7 Å². The summed E-state index contributed by atoms with van der Waals surface area (Å²) < 4.78 is 0. The van der Waals surface area contributed by atoms with Crippen LogP contribution in [0.2, 0.25) is 0 Å². The molecule has 3 heterocycles. The van der Waals surface area contributed by atoms with Crippen molar-refractivity contribution in [2.45, 2.75) is 25.4 Å². The molecule has 3 aromatic rings. The minimum atomic E-state index is -1.63. The number of hydrogen-bond donors (Lipinski definition) is 2. The maximum Gasteiger partial charge on any atom is 0.267 e. The normalized spacial score (nSPS) is 19.1. The number of benzene rings is 1. The summed E-state index contributed by atoms with van der Waals surface area (Å²) in [5.74, 6) is 6.31. The molecule has 0 spiro atoms. The Balaban J connectivity index is 1.68. The molecule has 3 N–H and O–H groups in total. The van der Waals surface area contributed by atoms with Crippen molar-refractivity contribution in [3.8, 4) is 23.1 Å². The largest absolute Gasteiger partial charge is 0.382 e. The van der Waals surface area contributed by atoms with Gasteiger partial charge in [-0.25, -0.2) is 15.0 Å². The van der Waals surface area contributed by atoms with Crippen molar-refractivity contribution in [2.75, 3.05) is 19.3 Å². The zero-order valence-corrected chi connectivity index (χ0v) is 16.3. The number of anilines is 1. The number of amides is 1. The second-order valence-electron chi connectivity index (χ2n) is 7.24. The van der Waals surface area contributed by atoms with E-state index < -0.39 is 5.60 Å². The number of hydrogen-bond acceptors (Lipinski definition) is 6. The van der Waals surface area contributed by atoms with Crippen LogP contribution in [0.1, 0.15) is 24.2 Å². The molecule has 0 aliphatic carbocycles. The average Bonchev–Trinajstić information content (AvgIpc) is 2.70. The highest BCUT2D eigenvalue weighted by atomic mass is 16.3. The Morgan fingerprint density at radius 2 is 2.03 bits per heavy atom. The summed E-state index contributed by atoms with van der Waals surface area (Å²) in [6.07, 6.45) is 1.06. The number of likely N-dealkylation sites (tertiary alicyclic amines) is 1. The molecule has 0 bridgehead atoms. The van der Waals surface area contributed by atoms with Crippen LogP contribution in [0.25, 0.3) is 22.3 Å². The number of rotatable bonds is 1. The molecular formula is C22H21N5O2. The van der Waals surface area contributed by atoms with Gasteiger partial charge in [0.25, 0.3) is 5.91 Å². The molecule has 1 aromatic carbocycles. The molecule has 1 aliphatic heterocycles. The van der Waals surface area contributed by atoms with Crippen molar-refractivity contribution in [1.82, 2.24) is 19.9 Å². The van der Waals surface area contributed by atoms with Gasteiger partial charge in [-0.2, -0.15) is 0 Å². The zero-order valence-electron chi connectivity index (χ0n) is 16.3. The first-order valence-corrected chi connectivity index (χ1v) is 9.38. The first-order chi connectivity index (χ1) is 13.9. The molecule has 0 saturated carbocycles. The van der Waals surface area contributed by atoms with Gasteiger partial charge >= 0.3 is 0 Å². The van der Waals surface area contributed by atoms with Crippen molar-refractivity contribution in [3.05, 3.63) is 47.8 Å². The van der Waals surface area contributed by atoms with Crippen LogP contribution in [-0.4, -0.2) is 50.1 Å². The Morgan fingerprint density at radius 1 is 1.21 bits per heavy atom. The first kappa shape index (κ1) is 18.8. The van der Waals surface area contributed by atoms with Gasteiger partial charge in [-0.05, 0) is 44.0 Å². The summed E-state index contributed by atoms with van der Waals surface area (Å²) in [4.78, 5) is 26.9. The SMILES string of the molecule is Cc1nc(N)c2nc(-c3cccc(C#C[C@]4(O)CCCN(C)C4=O)c3)ccc2n1. The van der Waals surface area contributed by atoms with Crippen LogP contribution in [0, 0.1) is 18.8 Å². The number of likely N-dealkylation sites (N-methyl/N-ethyl adjacent to an activating group) is 1. The van der Waals surface area contributed by atoms with Gasteiger partial charge < -0.3 is 15.7 Å². The zero-order chi connectivity index (χ0) is 20.6. The predicted octanol–water partition coefficient (Wildman–Crippen LogP) is 1.92. The molecule has 0 unspecified atom stereocenters. The number of nitrogen functional groups attached to an aromatic ring is 1. The van der Waals surface area contributed by atoms with Crippen LogP contribution in [0.4, 0.5) is 5.82 Å². The Morgan fingerprint density at radius 3 is 2.86 bits per heavy atom. The lowest BCUT2D eigenvalue weighted by Gasteiger charge is -2.32. The molecule has 0 radical (unpaired) electrons. The Bertz CT molecular complexity index is 1180. The number of aryl methyl sites for hydroxylation is 1. The van der Waals surface area contributed by atoms with E-state index in [-0.39, 0.29) is 5.91 Å². The highest BCUT2D eigenvalue weighted by molar-refractivity contribution is 5.89. The van der Waals surface area contributed by atoms with Gasteiger partial charge in [-0.3, -0.25) is 4.79 Å². The van der Waals surface area contributed by atoms with E-state index in [9.17, 15) is 9.90 Å². The van der Waals surface area contributed by atoms with Crippen LogP contribution in [0.3, 0.4) is 0 Å². The van der Waals surface area contributed by atoms with Gasteiger partial charge in [0.1, 0.15) is 11.3 Å². The third-order valence-electron chi connectivity index (χ3n) is 4.99. The third-order valence-corrected chi connectivity index (χ3v) is 4.99. The van der Waals surface area contributed by atoms with Gasteiger partial charge in [-0.1, -0.05) is 24.0 Å². The summed E-state index contributed by atoms with van der Waals surface area (Å²) in [6, 6.07) is 11.2. The number of nitrogens with zero attached hydrogens (tertiary/aromatic N) is 4. The number of carbonyl (C=O) groups excluding carboxylic acids is 1. The number of carbonyl (C=O) groups is 1. The molecule has 4 rings (SSSR count). The molecule has 1 saturated heterocycles. The number of nitrogens with two attached hydrogens (primary N) is 1. The minimum Gasteiger partial charge on any atom is -0.382 e. The highest BCUT2D eigenvalue weighted by Crippen LogP contribution is 2.24. The highest BCUT2D eigenvalue weighted by Gasteiger charge is 2.39. The summed E-state index contributed by atoms with van der Waals surface area (Å²) in [7, 11) is 1.68. The van der Waals surface area contributed by atoms with E-state index in [2.05, 4.69) is 26.8 Å². The third kappa shape index (κ3) is 3.62. The van der Waals surface area contributed by atoms with Crippen LogP contribution in [-0.2, 0) is 4.79 Å². The molecule has 2 aromatic heterocycles. The second kappa shape index (κ2) is 7.15.